The number of carbonyl (C=O) groups is 1. The maximum absolute atomic E-state index is 13.6. The molecule has 3 aromatic rings. The molecule has 33 heavy (non-hydrogen) atoms. The summed E-state index contributed by atoms with van der Waals surface area (Å²) in [5.41, 5.74) is 2.28. The number of fused-ring (bicyclic) bond motifs is 1. The standard InChI is InChI=1S/C27H33Cl2N3O/c1-3-5-7-9-17-32(18-10-8-6-4-2)27(33)26-30-24-16-15-22(29)19-23(24)25(31-26)20-11-13-21(28)14-12-20/h11-16,19H,3-10,17-18H2,1-2H3. The molecule has 6 heteroatoms. The van der Waals surface area contributed by atoms with E-state index in [2.05, 4.69) is 18.8 Å². The second-order valence-corrected chi connectivity index (χ2v) is 9.35. The van der Waals surface area contributed by atoms with Crippen LogP contribution in [-0.2, 0) is 0 Å². The third-order valence-electron chi connectivity index (χ3n) is 5.82. The van der Waals surface area contributed by atoms with Crippen LogP contribution in [0.2, 0.25) is 10.0 Å². The molecule has 2 aromatic carbocycles. The number of benzene rings is 2. The summed E-state index contributed by atoms with van der Waals surface area (Å²) >= 11 is 12.4. The Morgan fingerprint density at radius 2 is 1.39 bits per heavy atom. The SMILES string of the molecule is CCCCCCN(CCCCCC)C(=O)c1nc(-c2ccc(Cl)cc2)c2cc(Cl)ccc2n1. The molecule has 0 atom stereocenters. The number of hydrogen-bond donors (Lipinski definition) is 0. The second-order valence-electron chi connectivity index (χ2n) is 8.48. The zero-order valence-electron chi connectivity index (χ0n) is 19.6. The number of aromatic nitrogens is 2. The summed E-state index contributed by atoms with van der Waals surface area (Å²) in [6.07, 6.45) is 8.97. The quantitative estimate of drug-likeness (QED) is 0.242. The number of carbonyl (C=O) groups excluding carboxylic acids is 1. The van der Waals surface area contributed by atoms with Crippen LogP contribution < -0.4 is 0 Å². The van der Waals surface area contributed by atoms with Crippen molar-refractivity contribution in [3.63, 3.8) is 0 Å². The van der Waals surface area contributed by atoms with Crippen LogP contribution in [0.15, 0.2) is 42.5 Å². The fourth-order valence-electron chi connectivity index (χ4n) is 3.94. The lowest BCUT2D eigenvalue weighted by atomic mass is 10.1. The first-order chi connectivity index (χ1) is 16.0. The van der Waals surface area contributed by atoms with Crippen LogP contribution in [0.4, 0.5) is 0 Å². The van der Waals surface area contributed by atoms with E-state index in [1.807, 2.05) is 41.3 Å². The van der Waals surface area contributed by atoms with Crippen LogP contribution in [0.3, 0.4) is 0 Å². The molecule has 0 fully saturated rings. The average molecular weight is 486 g/mol. The van der Waals surface area contributed by atoms with E-state index in [-0.39, 0.29) is 11.7 Å². The molecule has 3 rings (SSSR count). The molecule has 176 valence electrons. The van der Waals surface area contributed by atoms with Gasteiger partial charge in [0.25, 0.3) is 5.91 Å². The molecule has 0 saturated carbocycles. The monoisotopic (exact) mass is 485 g/mol. The molecule has 1 amide bonds. The molecule has 0 unspecified atom stereocenters. The van der Waals surface area contributed by atoms with Gasteiger partial charge in [0, 0.05) is 34.1 Å². The van der Waals surface area contributed by atoms with Gasteiger partial charge in [-0.15, -0.1) is 0 Å². The third-order valence-corrected chi connectivity index (χ3v) is 6.30. The Kier molecular flexibility index (Phi) is 9.95. The number of amides is 1. The van der Waals surface area contributed by atoms with Gasteiger partial charge in [-0.05, 0) is 43.2 Å². The summed E-state index contributed by atoms with van der Waals surface area (Å²) in [7, 11) is 0. The number of rotatable bonds is 12. The predicted octanol–water partition coefficient (Wildman–Crippen LogP) is 8.21. The third kappa shape index (κ3) is 7.15. The highest BCUT2D eigenvalue weighted by Crippen LogP contribution is 2.29. The van der Waals surface area contributed by atoms with Crippen LogP contribution >= 0.6 is 23.2 Å². The molecule has 0 aliphatic carbocycles. The maximum Gasteiger partial charge on any atom is 0.291 e. The van der Waals surface area contributed by atoms with Crippen LogP contribution in [0, 0.1) is 0 Å². The van der Waals surface area contributed by atoms with Gasteiger partial charge in [-0.3, -0.25) is 4.79 Å². The summed E-state index contributed by atoms with van der Waals surface area (Å²) in [5.74, 6) is 0.135. The second kappa shape index (κ2) is 12.9. The van der Waals surface area contributed by atoms with Crippen LogP contribution in [0.5, 0.6) is 0 Å². The van der Waals surface area contributed by atoms with Crippen LogP contribution in [0.1, 0.15) is 75.8 Å². The van der Waals surface area contributed by atoms with E-state index >= 15 is 0 Å². The maximum atomic E-state index is 13.6. The Hall–Kier alpha value is -2.17. The minimum absolute atomic E-state index is 0.102. The molecule has 0 spiro atoms. The highest BCUT2D eigenvalue weighted by atomic mass is 35.5. The van der Waals surface area contributed by atoms with Gasteiger partial charge in [0.15, 0.2) is 0 Å². The van der Waals surface area contributed by atoms with Gasteiger partial charge >= 0.3 is 0 Å². The molecule has 1 heterocycles. The largest absolute Gasteiger partial charge is 0.336 e. The Labute approximate surface area is 207 Å². The number of halogens is 2. The summed E-state index contributed by atoms with van der Waals surface area (Å²) in [4.78, 5) is 24.9. The van der Waals surface area contributed by atoms with Gasteiger partial charge in [0.2, 0.25) is 5.82 Å². The van der Waals surface area contributed by atoms with Crippen LogP contribution in [0.25, 0.3) is 22.2 Å². The Bertz CT molecular complexity index is 1040. The van der Waals surface area contributed by atoms with Crippen molar-refractivity contribution in [2.45, 2.75) is 65.2 Å². The zero-order valence-corrected chi connectivity index (χ0v) is 21.1. The molecular weight excluding hydrogens is 453 g/mol. The minimum atomic E-state index is -0.102. The number of unbranched alkanes of at least 4 members (excludes halogenated alkanes) is 6. The molecule has 0 radical (unpaired) electrons. The summed E-state index contributed by atoms with van der Waals surface area (Å²) in [5, 5.41) is 2.07. The molecule has 4 nitrogen and oxygen atoms in total. The lowest BCUT2D eigenvalue weighted by Gasteiger charge is -2.22. The van der Waals surface area contributed by atoms with E-state index in [1.165, 1.54) is 25.7 Å². The molecule has 0 aliphatic rings. The van der Waals surface area contributed by atoms with E-state index < -0.39 is 0 Å². The van der Waals surface area contributed by atoms with Gasteiger partial charge in [-0.25, -0.2) is 9.97 Å². The van der Waals surface area contributed by atoms with Crippen molar-refractivity contribution < 1.29 is 4.79 Å². The molecule has 0 saturated heterocycles. The van der Waals surface area contributed by atoms with Gasteiger partial charge in [0.1, 0.15) is 0 Å². The van der Waals surface area contributed by atoms with Crippen molar-refractivity contribution >= 4 is 40.0 Å². The van der Waals surface area contributed by atoms with E-state index in [0.717, 1.165) is 49.7 Å². The first kappa shape index (κ1) is 25.5. The Balaban J connectivity index is 1.95. The highest BCUT2D eigenvalue weighted by molar-refractivity contribution is 6.31. The lowest BCUT2D eigenvalue weighted by molar-refractivity contribution is 0.0737. The summed E-state index contributed by atoms with van der Waals surface area (Å²) < 4.78 is 0. The molecule has 0 aliphatic heterocycles. The number of hydrogen-bond acceptors (Lipinski definition) is 3. The molecular formula is C27H33Cl2N3O. The average Bonchev–Trinajstić information content (AvgIpc) is 2.82. The molecule has 0 bridgehead atoms. The van der Waals surface area contributed by atoms with Crippen molar-refractivity contribution in [2.24, 2.45) is 0 Å². The van der Waals surface area contributed by atoms with E-state index in [0.29, 0.717) is 21.3 Å². The van der Waals surface area contributed by atoms with Crippen molar-refractivity contribution in [1.82, 2.24) is 14.9 Å². The molecule has 0 N–H and O–H groups in total. The lowest BCUT2D eigenvalue weighted by Crippen LogP contribution is -2.34. The van der Waals surface area contributed by atoms with Crippen molar-refractivity contribution in [1.29, 1.82) is 0 Å². The normalized spacial score (nSPS) is 11.2. The van der Waals surface area contributed by atoms with E-state index in [1.54, 1.807) is 6.07 Å². The first-order valence-electron chi connectivity index (χ1n) is 12.1. The number of nitrogens with zero attached hydrogens (tertiary/aromatic N) is 3. The molecule has 1 aromatic heterocycles. The highest BCUT2D eigenvalue weighted by Gasteiger charge is 2.21. The van der Waals surface area contributed by atoms with E-state index in [9.17, 15) is 4.79 Å². The first-order valence-corrected chi connectivity index (χ1v) is 12.8. The van der Waals surface area contributed by atoms with Crippen molar-refractivity contribution in [3.8, 4) is 11.3 Å². The van der Waals surface area contributed by atoms with Crippen molar-refractivity contribution in [3.05, 3.63) is 58.3 Å². The fourth-order valence-corrected chi connectivity index (χ4v) is 4.24. The topological polar surface area (TPSA) is 46.1 Å². The van der Waals surface area contributed by atoms with Gasteiger partial charge in [-0.1, -0.05) is 87.7 Å². The van der Waals surface area contributed by atoms with Gasteiger partial charge in [0.05, 0.1) is 11.2 Å². The predicted molar refractivity (Wildman–Crippen MR) is 139 cm³/mol. The smallest absolute Gasteiger partial charge is 0.291 e. The van der Waals surface area contributed by atoms with Gasteiger partial charge in [-0.2, -0.15) is 0 Å². The van der Waals surface area contributed by atoms with Crippen LogP contribution in [-0.4, -0.2) is 33.9 Å². The van der Waals surface area contributed by atoms with E-state index in [4.69, 9.17) is 28.2 Å². The summed E-state index contributed by atoms with van der Waals surface area (Å²) in [6.45, 7) is 5.87. The fraction of sp³-hybridized carbons (Fsp3) is 0.444. The Morgan fingerprint density at radius 3 is 2.00 bits per heavy atom. The Morgan fingerprint density at radius 1 is 0.788 bits per heavy atom. The van der Waals surface area contributed by atoms with Gasteiger partial charge < -0.3 is 4.90 Å². The zero-order chi connectivity index (χ0) is 23.6. The minimum Gasteiger partial charge on any atom is -0.336 e. The summed E-state index contributed by atoms with van der Waals surface area (Å²) in [6, 6.07) is 13.0. The van der Waals surface area contributed by atoms with Crippen molar-refractivity contribution in [2.75, 3.05) is 13.1 Å².